The number of hydrazine groups is 1. The second-order valence-corrected chi connectivity index (χ2v) is 6.07. The Labute approximate surface area is 125 Å². The van der Waals surface area contributed by atoms with Crippen LogP contribution in [0.1, 0.15) is 22.0 Å². The normalized spacial score (nSPS) is 12.8. The molecule has 0 spiro atoms. The molecule has 0 radical (unpaired) electrons. The zero-order chi connectivity index (χ0) is 15.0. The summed E-state index contributed by atoms with van der Waals surface area (Å²) in [4.78, 5) is 0.850. The number of aryl methyl sites for hydroxylation is 1. The van der Waals surface area contributed by atoms with E-state index in [2.05, 4.69) is 5.43 Å². The predicted molar refractivity (Wildman–Crippen MR) is 82.1 cm³/mol. The Morgan fingerprint density at radius 2 is 1.90 bits per heavy atom. The molecule has 0 saturated carbocycles. The number of hydrogen-bond donors (Lipinski definition) is 2. The van der Waals surface area contributed by atoms with Gasteiger partial charge in [0.25, 0.3) is 0 Å². The fourth-order valence-corrected chi connectivity index (χ4v) is 3.55. The lowest BCUT2D eigenvalue weighted by Crippen LogP contribution is -2.29. The summed E-state index contributed by atoms with van der Waals surface area (Å²) < 4.78 is 28.2. The number of nitrogens with one attached hydrogen (secondary N) is 1. The monoisotopic (exact) mass is 304 g/mol. The van der Waals surface area contributed by atoms with Crippen LogP contribution in [0.4, 0.5) is 8.78 Å². The summed E-state index contributed by atoms with van der Waals surface area (Å²) in [6, 6.07) is 11.0. The van der Waals surface area contributed by atoms with Crippen molar-refractivity contribution in [2.75, 3.05) is 0 Å². The Morgan fingerprint density at radius 1 is 1.10 bits per heavy atom. The summed E-state index contributed by atoms with van der Waals surface area (Å²) in [6.07, 6.45) is 0. The predicted octanol–water partition coefficient (Wildman–Crippen LogP) is 4.04. The Kier molecular flexibility index (Phi) is 3.71. The summed E-state index contributed by atoms with van der Waals surface area (Å²) in [5.74, 6) is 5.03. The van der Waals surface area contributed by atoms with Gasteiger partial charge in [-0.05, 0) is 36.6 Å². The van der Waals surface area contributed by atoms with Crippen LogP contribution in [-0.4, -0.2) is 0 Å². The van der Waals surface area contributed by atoms with E-state index in [9.17, 15) is 8.78 Å². The first-order valence-corrected chi connectivity index (χ1v) is 7.31. The molecule has 3 rings (SSSR count). The molecule has 2 aromatic carbocycles. The van der Waals surface area contributed by atoms with Crippen molar-refractivity contribution < 1.29 is 8.78 Å². The van der Waals surface area contributed by atoms with Gasteiger partial charge < -0.3 is 0 Å². The molecule has 1 heterocycles. The lowest BCUT2D eigenvalue weighted by Gasteiger charge is -2.16. The quantitative estimate of drug-likeness (QED) is 0.566. The maximum absolute atomic E-state index is 14.1. The van der Waals surface area contributed by atoms with Gasteiger partial charge in [-0.25, -0.2) is 14.2 Å². The number of halogens is 2. The minimum Gasteiger partial charge on any atom is -0.271 e. The third kappa shape index (κ3) is 2.68. The molecule has 5 heteroatoms. The zero-order valence-corrected chi connectivity index (χ0v) is 12.2. The van der Waals surface area contributed by atoms with E-state index in [1.165, 1.54) is 29.5 Å². The first-order valence-electron chi connectivity index (χ1n) is 6.49. The molecule has 3 aromatic rings. The SMILES string of the molecule is Cc1ccc(F)c(C(NN)c2cc3ccc(F)cc3s2)c1. The van der Waals surface area contributed by atoms with Crippen LogP contribution in [0.3, 0.4) is 0 Å². The van der Waals surface area contributed by atoms with Gasteiger partial charge in [-0.3, -0.25) is 5.84 Å². The molecule has 21 heavy (non-hydrogen) atoms. The van der Waals surface area contributed by atoms with E-state index in [4.69, 9.17) is 5.84 Å². The van der Waals surface area contributed by atoms with E-state index >= 15 is 0 Å². The highest BCUT2D eigenvalue weighted by Crippen LogP contribution is 2.34. The summed E-state index contributed by atoms with van der Waals surface area (Å²) in [5, 5.41) is 0.921. The van der Waals surface area contributed by atoms with Crippen molar-refractivity contribution >= 4 is 21.4 Å². The molecule has 2 nitrogen and oxygen atoms in total. The van der Waals surface area contributed by atoms with Crippen molar-refractivity contribution in [1.29, 1.82) is 0 Å². The van der Waals surface area contributed by atoms with E-state index in [-0.39, 0.29) is 11.6 Å². The minimum atomic E-state index is -0.453. The summed E-state index contributed by atoms with van der Waals surface area (Å²) in [6.45, 7) is 1.90. The molecule has 0 amide bonds. The Hall–Kier alpha value is -1.82. The number of hydrogen-bond acceptors (Lipinski definition) is 3. The minimum absolute atomic E-state index is 0.283. The molecule has 1 atom stereocenters. The Balaban J connectivity index is 2.11. The number of thiophene rings is 1. The molecule has 0 fully saturated rings. The van der Waals surface area contributed by atoms with Gasteiger partial charge in [-0.2, -0.15) is 0 Å². The average Bonchev–Trinajstić information content (AvgIpc) is 2.86. The average molecular weight is 304 g/mol. The van der Waals surface area contributed by atoms with E-state index in [0.717, 1.165) is 20.5 Å². The van der Waals surface area contributed by atoms with Gasteiger partial charge in [-0.15, -0.1) is 11.3 Å². The van der Waals surface area contributed by atoms with E-state index in [1.807, 2.05) is 13.0 Å². The highest BCUT2D eigenvalue weighted by atomic mass is 32.1. The lowest BCUT2D eigenvalue weighted by atomic mass is 10.0. The van der Waals surface area contributed by atoms with Crippen LogP contribution in [0, 0.1) is 18.6 Å². The largest absolute Gasteiger partial charge is 0.271 e. The standard InChI is InChI=1S/C16H14F2N2S/c1-9-2-5-13(18)12(6-9)16(20-19)15-7-10-3-4-11(17)8-14(10)21-15/h2-8,16,20H,19H2,1H3. The molecular formula is C16H14F2N2S. The number of rotatable bonds is 3. The molecular weight excluding hydrogens is 290 g/mol. The van der Waals surface area contributed by atoms with Crippen LogP contribution in [0.2, 0.25) is 0 Å². The van der Waals surface area contributed by atoms with Crippen molar-refractivity contribution in [2.45, 2.75) is 13.0 Å². The molecule has 108 valence electrons. The van der Waals surface area contributed by atoms with Crippen LogP contribution in [0.15, 0.2) is 42.5 Å². The third-order valence-corrected chi connectivity index (χ3v) is 4.58. The van der Waals surface area contributed by atoms with Gasteiger partial charge in [-0.1, -0.05) is 23.8 Å². The van der Waals surface area contributed by atoms with Crippen LogP contribution in [0.25, 0.3) is 10.1 Å². The highest BCUT2D eigenvalue weighted by Gasteiger charge is 2.19. The smallest absolute Gasteiger partial charge is 0.128 e. The molecule has 1 unspecified atom stereocenters. The summed E-state index contributed by atoms with van der Waals surface area (Å²) in [7, 11) is 0. The second kappa shape index (κ2) is 5.52. The Bertz CT molecular complexity index is 798. The van der Waals surface area contributed by atoms with Gasteiger partial charge in [0, 0.05) is 15.1 Å². The van der Waals surface area contributed by atoms with Crippen molar-refractivity contribution in [2.24, 2.45) is 5.84 Å². The van der Waals surface area contributed by atoms with Crippen molar-refractivity contribution in [3.8, 4) is 0 Å². The second-order valence-electron chi connectivity index (χ2n) is 4.96. The van der Waals surface area contributed by atoms with Gasteiger partial charge in [0.15, 0.2) is 0 Å². The first kappa shape index (κ1) is 14.1. The van der Waals surface area contributed by atoms with Crippen molar-refractivity contribution in [3.63, 3.8) is 0 Å². The fraction of sp³-hybridized carbons (Fsp3) is 0.125. The topological polar surface area (TPSA) is 38.0 Å². The number of benzene rings is 2. The van der Waals surface area contributed by atoms with Crippen LogP contribution < -0.4 is 11.3 Å². The fourth-order valence-electron chi connectivity index (χ4n) is 2.38. The molecule has 0 bridgehead atoms. The molecule has 0 aliphatic rings. The molecule has 0 aliphatic heterocycles. The van der Waals surface area contributed by atoms with E-state index < -0.39 is 6.04 Å². The molecule has 0 saturated heterocycles. The maximum Gasteiger partial charge on any atom is 0.128 e. The van der Waals surface area contributed by atoms with Crippen LogP contribution in [-0.2, 0) is 0 Å². The van der Waals surface area contributed by atoms with Gasteiger partial charge >= 0.3 is 0 Å². The van der Waals surface area contributed by atoms with Crippen molar-refractivity contribution in [3.05, 3.63) is 70.1 Å². The highest BCUT2D eigenvalue weighted by molar-refractivity contribution is 7.19. The van der Waals surface area contributed by atoms with E-state index in [0.29, 0.717) is 5.56 Å². The summed E-state index contributed by atoms with van der Waals surface area (Å²) >= 11 is 1.40. The molecule has 1 aromatic heterocycles. The van der Waals surface area contributed by atoms with Gasteiger partial charge in [0.05, 0.1) is 6.04 Å². The van der Waals surface area contributed by atoms with Crippen LogP contribution in [0.5, 0.6) is 0 Å². The van der Waals surface area contributed by atoms with Gasteiger partial charge in [0.1, 0.15) is 11.6 Å². The third-order valence-electron chi connectivity index (χ3n) is 3.41. The molecule has 3 N–H and O–H groups in total. The summed E-state index contributed by atoms with van der Waals surface area (Å²) in [5.41, 5.74) is 4.10. The number of fused-ring (bicyclic) bond motifs is 1. The van der Waals surface area contributed by atoms with Crippen molar-refractivity contribution in [1.82, 2.24) is 5.43 Å². The zero-order valence-electron chi connectivity index (χ0n) is 11.4. The maximum atomic E-state index is 14.1. The van der Waals surface area contributed by atoms with Crippen LogP contribution >= 0.6 is 11.3 Å². The van der Waals surface area contributed by atoms with Gasteiger partial charge in [0.2, 0.25) is 0 Å². The molecule has 0 aliphatic carbocycles. The Morgan fingerprint density at radius 3 is 2.67 bits per heavy atom. The first-order chi connectivity index (χ1) is 10.1. The van der Waals surface area contributed by atoms with E-state index in [1.54, 1.807) is 18.2 Å². The number of nitrogens with two attached hydrogens (primary N) is 1. The lowest BCUT2D eigenvalue weighted by molar-refractivity contribution is 0.563.